The zero-order valence-electron chi connectivity index (χ0n) is 11.7. The van der Waals surface area contributed by atoms with Crippen molar-refractivity contribution in [3.05, 3.63) is 29.5 Å². The van der Waals surface area contributed by atoms with Gasteiger partial charge in [0, 0.05) is 18.3 Å². The van der Waals surface area contributed by atoms with Gasteiger partial charge in [0.05, 0.1) is 7.11 Å². The van der Waals surface area contributed by atoms with Gasteiger partial charge < -0.3 is 10.1 Å². The van der Waals surface area contributed by atoms with Gasteiger partial charge in [0.2, 0.25) is 5.88 Å². The Labute approximate surface area is 121 Å². The number of aromatic nitrogens is 1. The molecule has 2 aliphatic heterocycles. The van der Waals surface area contributed by atoms with Crippen molar-refractivity contribution < 1.29 is 17.9 Å². The monoisotopic (exact) mass is 298 g/mol. The van der Waals surface area contributed by atoms with Crippen LogP contribution in [-0.2, 0) is 6.18 Å². The average Bonchev–Trinajstić information content (AvgIpc) is 2.45. The molecule has 0 radical (unpaired) electrons. The van der Waals surface area contributed by atoms with Gasteiger partial charge in [0.1, 0.15) is 5.56 Å². The molecule has 1 aromatic rings. The summed E-state index contributed by atoms with van der Waals surface area (Å²) < 4.78 is 43.9. The van der Waals surface area contributed by atoms with Gasteiger partial charge in [-0.15, -0.1) is 0 Å². The van der Waals surface area contributed by atoms with Gasteiger partial charge in [0.15, 0.2) is 0 Å². The third-order valence-corrected chi connectivity index (χ3v) is 4.11. The summed E-state index contributed by atoms with van der Waals surface area (Å²) in [4.78, 5) is 3.83. The lowest BCUT2D eigenvalue weighted by molar-refractivity contribution is -0.139. The summed E-state index contributed by atoms with van der Waals surface area (Å²) in [6.45, 7) is 0. The van der Waals surface area contributed by atoms with E-state index in [2.05, 4.69) is 10.3 Å². The number of piperidine rings is 1. The van der Waals surface area contributed by atoms with Crippen LogP contribution in [0, 0.1) is 0 Å². The number of methoxy groups -OCH3 is 1. The molecule has 1 N–H and O–H groups in total. The Morgan fingerprint density at radius 2 is 2.14 bits per heavy atom. The minimum Gasteiger partial charge on any atom is -0.481 e. The number of alkyl halides is 3. The minimum absolute atomic E-state index is 0.268. The summed E-state index contributed by atoms with van der Waals surface area (Å²) in [5, 5.41) is 3.48. The predicted molar refractivity (Wildman–Crippen MR) is 72.9 cm³/mol. The molecule has 3 nitrogen and oxygen atoms in total. The largest absolute Gasteiger partial charge is 0.481 e. The van der Waals surface area contributed by atoms with Gasteiger partial charge in [-0.1, -0.05) is 12.5 Å². The maximum Gasteiger partial charge on any atom is 0.421 e. The molecule has 0 amide bonds. The molecule has 21 heavy (non-hydrogen) atoms. The zero-order chi connectivity index (χ0) is 15.0. The normalized spacial score (nSPS) is 25.4. The van der Waals surface area contributed by atoms with Crippen molar-refractivity contribution in [3.8, 4) is 5.88 Å². The number of fused-ring (bicyclic) bond motifs is 2. The highest BCUT2D eigenvalue weighted by molar-refractivity contribution is 5.68. The molecule has 114 valence electrons. The quantitative estimate of drug-likeness (QED) is 0.908. The van der Waals surface area contributed by atoms with E-state index in [4.69, 9.17) is 4.74 Å². The summed E-state index contributed by atoms with van der Waals surface area (Å²) in [7, 11) is 1.20. The molecule has 2 unspecified atom stereocenters. The molecule has 0 saturated carbocycles. The van der Waals surface area contributed by atoms with E-state index in [0.717, 1.165) is 30.9 Å². The molecular formula is C15H17F3N2O. The van der Waals surface area contributed by atoms with Crippen molar-refractivity contribution in [1.29, 1.82) is 0 Å². The Morgan fingerprint density at radius 3 is 2.81 bits per heavy atom. The second-order valence-corrected chi connectivity index (χ2v) is 5.58. The van der Waals surface area contributed by atoms with Crippen molar-refractivity contribution in [2.24, 2.45) is 0 Å². The summed E-state index contributed by atoms with van der Waals surface area (Å²) in [5.74, 6) is -0.374. The maximum absolute atomic E-state index is 13.1. The predicted octanol–water partition coefficient (Wildman–Crippen LogP) is 3.41. The van der Waals surface area contributed by atoms with E-state index in [-0.39, 0.29) is 11.9 Å². The molecule has 3 heterocycles. The Hall–Kier alpha value is -1.56. The molecule has 3 rings (SSSR count). The van der Waals surface area contributed by atoms with Crippen molar-refractivity contribution in [2.45, 2.75) is 43.9 Å². The first-order valence-electron chi connectivity index (χ1n) is 7.05. The van der Waals surface area contributed by atoms with E-state index in [1.165, 1.54) is 19.7 Å². The first-order valence-corrected chi connectivity index (χ1v) is 7.05. The van der Waals surface area contributed by atoms with Crippen LogP contribution in [0.3, 0.4) is 0 Å². The van der Waals surface area contributed by atoms with E-state index < -0.39 is 11.7 Å². The van der Waals surface area contributed by atoms with Crippen molar-refractivity contribution in [2.75, 3.05) is 7.11 Å². The van der Waals surface area contributed by atoms with Gasteiger partial charge in [0.25, 0.3) is 0 Å². The smallest absolute Gasteiger partial charge is 0.421 e. The summed E-state index contributed by atoms with van der Waals surface area (Å²) in [6, 6.07) is 1.78. The first-order chi connectivity index (χ1) is 9.97. The third kappa shape index (κ3) is 2.90. The molecule has 2 bridgehead atoms. The molecule has 2 atom stereocenters. The fourth-order valence-corrected chi connectivity index (χ4v) is 3.13. The number of hydrogen-bond acceptors (Lipinski definition) is 3. The molecule has 1 aromatic heterocycles. The summed E-state index contributed by atoms with van der Waals surface area (Å²) >= 11 is 0. The zero-order valence-corrected chi connectivity index (χ0v) is 11.7. The van der Waals surface area contributed by atoms with Crippen LogP contribution in [0.1, 0.15) is 36.8 Å². The van der Waals surface area contributed by atoms with Crippen LogP contribution in [0.15, 0.2) is 18.3 Å². The van der Waals surface area contributed by atoms with E-state index in [1.54, 1.807) is 0 Å². The Kier molecular flexibility index (Phi) is 3.65. The molecule has 2 aliphatic rings. The van der Waals surface area contributed by atoms with Gasteiger partial charge in [-0.2, -0.15) is 13.2 Å². The number of rotatable bonds is 2. The molecule has 0 spiro atoms. The van der Waals surface area contributed by atoms with Crippen LogP contribution in [0.4, 0.5) is 13.2 Å². The van der Waals surface area contributed by atoms with Crippen LogP contribution in [0.5, 0.6) is 5.88 Å². The van der Waals surface area contributed by atoms with Gasteiger partial charge in [-0.3, -0.25) is 0 Å². The lowest BCUT2D eigenvalue weighted by Crippen LogP contribution is -2.44. The van der Waals surface area contributed by atoms with E-state index >= 15 is 0 Å². The SMILES string of the molecule is COc1ncc(C2=CC3CCCC(C2)N3)cc1C(F)(F)F. The highest BCUT2D eigenvalue weighted by Gasteiger charge is 2.36. The molecule has 0 aliphatic carbocycles. The van der Waals surface area contributed by atoms with Crippen LogP contribution < -0.4 is 10.1 Å². The summed E-state index contributed by atoms with van der Waals surface area (Å²) in [5.41, 5.74) is 0.678. The van der Waals surface area contributed by atoms with Gasteiger partial charge in [-0.05, 0) is 36.5 Å². The highest BCUT2D eigenvalue weighted by atomic mass is 19.4. The van der Waals surface area contributed by atoms with Crippen LogP contribution in [0.2, 0.25) is 0 Å². The molecule has 0 aromatic carbocycles. The second-order valence-electron chi connectivity index (χ2n) is 5.58. The lowest BCUT2D eigenvalue weighted by Gasteiger charge is -2.35. The molecular weight excluding hydrogens is 281 g/mol. The molecule has 1 saturated heterocycles. The first kappa shape index (κ1) is 14.4. The Morgan fingerprint density at radius 1 is 1.33 bits per heavy atom. The number of halogens is 3. The number of nitrogens with one attached hydrogen (secondary N) is 1. The van der Waals surface area contributed by atoms with E-state index in [0.29, 0.717) is 11.6 Å². The van der Waals surface area contributed by atoms with Crippen LogP contribution in [-0.4, -0.2) is 24.2 Å². The standard InChI is InChI=1S/C15H17F3N2O/c1-21-14-13(15(16,17)18)7-10(8-19-14)9-5-11-3-2-4-12(6-9)20-11/h5,7-8,11-12,20H,2-4,6H2,1H3. The van der Waals surface area contributed by atoms with E-state index in [1.807, 2.05) is 6.08 Å². The van der Waals surface area contributed by atoms with Crippen molar-refractivity contribution in [3.63, 3.8) is 0 Å². The minimum atomic E-state index is -4.46. The highest BCUT2D eigenvalue weighted by Crippen LogP contribution is 2.38. The van der Waals surface area contributed by atoms with E-state index in [9.17, 15) is 13.2 Å². The third-order valence-electron chi connectivity index (χ3n) is 4.11. The van der Waals surface area contributed by atoms with Crippen molar-refractivity contribution in [1.82, 2.24) is 10.3 Å². The Bertz CT molecular complexity index is 569. The maximum atomic E-state index is 13.1. The summed E-state index contributed by atoms with van der Waals surface area (Å²) in [6.07, 6.45) is 3.08. The lowest BCUT2D eigenvalue weighted by atomic mass is 9.85. The van der Waals surface area contributed by atoms with Gasteiger partial charge in [-0.25, -0.2) is 4.98 Å². The van der Waals surface area contributed by atoms with Crippen LogP contribution >= 0.6 is 0 Å². The fraction of sp³-hybridized carbons (Fsp3) is 0.533. The number of nitrogens with zero attached hydrogens (tertiary/aromatic N) is 1. The Balaban J connectivity index is 1.98. The van der Waals surface area contributed by atoms with Crippen LogP contribution in [0.25, 0.3) is 5.57 Å². The van der Waals surface area contributed by atoms with Crippen molar-refractivity contribution >= 4 is 5.57 Å². The molecule has 6 heteroatoms. The number of ether oxygens (including phenoxy) is 1. The topological polar surface area (TPSA) is 34.1 Å². The van der Waals surface area contributed by atoms with Gasteiger partial charge >= 0.3 is 6.18 Å². The number of hydrogen-bond donors (Lipinski definition) is 1. The second kappa shape index (κ2) is 5.33. The fourth-order valence-electron chi connectivity index (χ4n) is 3.13. The molecule has 1 fully saturated rings. The number of pyridine rings is 1. The average molecular weight is 298 g/mol.